The molecule has 0 aliphatic carbocycles. The van der Waals surface area contributed by atoms with E-state index >= 15 is 0 Å². The number of hydrogen-bond donors (Lipinski definition) is 1. The Morgan fingerprint density at radius 1 is 1.00 bits per heavy atom. The summed E-state index contributed by atoms with van der Waals surface area (Å²) >= 11 is 0. The Bertz CT molecular complexity index is 1230. The molecule has 0 aromatic heterocycles. The van der Waals surface area contributed by atoms with E-state index in [4.69, 9.17) is 13.6 Å². The number of nitrogens with zero attached hydrogens (tertiary/aromatic N) is 1. The van der Waals surface area contributed by atoms with Crippen molar-refractivity contribution in [3.63, 3.8) is 0 Å². The van der Waals surface area contributed by atoms with Gasteiger partial charge in [0.05, 0.1) is 6.61 Å². The zero-order valence-electron chi connectivity index (χ0n) is 27.8. The molecule has 1 aliphatic heterocycles. The fourth-order valence-corrected chi connectivity index (χ4v) is 7.55. The van der Waals surface area contributed by atoms with E-state index in [1.807, 2.05) is 26.8 Å². The first-order valence-electron chi connectivity index (χ1n) is 15.2. The molecule has 2 aromatic carbocycles. The molecule has 1 unspecified atom stereocenters. The lowest BCUT2D eigenvalue weighted by atomic mass is 9.76. The Labute approximate surface area is 252 Å². The molecule has 1 saturated heterocycles. The fraction of sp³-hybridized carbons (Fsp3) is 0.667. The van der Waals surface area contributed by atoms with Crippen LogP contribution in [-0.4, -0.2) is 52.1 Å². The molecule has 0 spiro atoms. The quantitative estimate of drug-likeness (QED) is 0.330. The van der Waals surface area contributed by atoms with Gasteiger partial charge < -0.3 is 18.7 Å². The van der Waals surface area contributed by atoms with Gasteiger partial charge in [-0.3, -0.25) is 4.90 Å². The third kappa shape index (κ3) is 7.63. The Balaban J connectivity index is 2.36. The van der Waals surface area contributed by atoms with Crippen molar-refractivity contribution in [3.05, 3.63) is 47.0 Å². The summed E-state index contributed by atoms with van der Waals surface area (Å²) in [6, 6.07) is 10.5. The van der Waals surface area contributed by atoms with E-state index in [9.17, 15) is 9.90 Å². The first kappa shape index (κ1) is 33.8. The molecule has 1 aliphatic rings. The number of benzene rings is 2. The molecule has 1 N–H and O–H groups in total. The maximum absolute atomic E-state index is 13.9. The third-order valence-electron chi connectivity index (χ3n) is 7.93. The highest BCUT2D eigenvalue weighted by Gasteiger charge is 2.58. The summed E-state index contributed by atoms with van der Waals surface area (Å²) in [6.45, 7) is 28.3. The molecule has 0 saturated carbocycles. The van der Waals surface area contributed by atoms with Crippen molar-refractivity contribution in [2.24, 2.45) is 11.3 Å². The molecule has 1 amide bonds. The Morgan fingerprint density at radius 3 is 2.07 bits per heavy atom. The molecule has 0 radical (unpaired) electrons. The first-order valence-corrected chi connectivity index (χ1v) is 20.8. The first-order chi connectivity index (χ1) is 18.7. The SMILES string of the molecule is C[SiH](C)OCc1cc(C(C)(C)C)c2ccccc2c1C(O)[C@@]1(O[SiH](C)C)C[C@H](C(C)(C)C)CN1C(=O)OC(C)(C)C. The monoisotopic (exact) mass is 601 g/mol. The van der Waals surface area contributed by atoms with Gasteiger partial charge in [0.25, 0.3) is 0 Å². The van der Waals surface area contributed by atoms with Crippen LogP contribution >= 0.6 is 0 Å². The number of ether oxygens (including phenoxy) is 1. The zero-order valence-corrected chi connectivity index (χ0v) is 30.2. The van der Waals surface area contributed by atoms with E-state index in [0.29, 0.717) is 19.6 Å². The van der Waals surface area contributed by atoms with Crippen LogP contribution in [0.2, 0.25) is 26.2 Å². The standard InChI is InChI=1S/C33H55NO5Si2/c1-30(2,3)23-19-33(39-41(12)13,34(20-23)29(36)38-32(7,8)9)28(35)27-22(21-37-40(10)11)18-26(31(4,5)6)24-16-14-15-17-25(24)27/h14-18,23,28,35,40-41H,19-21H2,1-13H3/t23-,28?,33-/m0/s1. The minimum absolute atomic E-state index is 0.100. The maximum Gasteiger partial charge on any atom is 0.412 e. The van der Waals surface area contributed by atoms with Gasteiger partial charge in [-0.15, -0.1) is 0 Å². The molecule has 3 rings (SSSR count). The average Bonchev–Trinajstić information content (AvgIpc) is 3.20. The number of hydrogen-bond acceptors (Lipinski definition) is 5. The Hall–Kier alpha value is -1.72. The average molecular weight is 602 g/mol. The minimum atomic E-state index is -1.77. The second-order valence-corrected chi connectivity index (χ2v) is 20.2. The Morgan fingerprint density at radius 2 is 1.59 bits per heavy atom. The summed E-state index contributed by atoms with van der Waals surface area (Å²) < 4.78 is 19.2. The van der Waals surface area contributed by atoms with E-state index < -0.39 is 41.6 Å². The second-order valence-electron chi connectivity index (χ2n) is 15.4. The number of rotatable bonds is 7. The number of amides is 1. The van der Waals surface area contributed by atoms with Gasteiger partial charge in [-0.2, -0.15) is 0 Å². The lowest BCUT2D eigenvalue weighted by Gasteiger charge is -2.44. The van der Waals surface area contributed by atoms with E-state index in [0.717, 1.165) is 21.9 Å². The molecule has 6 nitrogen and oxygen atoms in total. The van der Waals surface area contributed by atoms with Gasteiger partial charge in [0, 0.05) is 13.0 Å². The molecule has 0 bridgehead atoms. The van der Waals surface area contributed by atoms with Crippen molar-refractivity contribution < 1.29 is 23.5 Å². The minimum Gasteiger partial charge on any atom is -0.444 e. The van der Waals surface area contributed by atoms with Gasteiger partial charge in [-0.25, -0.2) is 4.79 Å². The molecule has 1 heterocycles. The summed E-state index contributed by atoms with van der Waals surface area (Å²) in [7, 11) is -3.12. The van der Waals surface area contributed by atoms with Crippen LogP contribution in [0, 0.1) is 11.3 Å². The van der Waals surface area contributed by atoms with Crippen LogP contribution in [-0.2, 0) is 25.6 Å². The van der Waals surface area contributed by atoms with Gasteiger partial charge in [-0.1, -0.05) is 71.9 Å². The van der Waals surface area contributed by atoms with Crippen molar-refractivity contribution in [3.8, 4) is 0 Å². The molecule has 2 aromatic rings. The van der Waals surface area contributed by atoms with Crippen LogP contribution < -0.4 is 0 Å². The van der Waals surface area contributed by atoms with Gasteiger partial charge in [0.15, 0.2) is 23.8 Å². The smallest absolute Gasteiger partial charge is 0.412 e. The number of fused-ring (bicyclic) bond motifs is 1. The van der Waals surface area contributed by atoms with Crippen molar-refractivity contribution >= 4 is 34.9 Å². The molecular formula is C33H55NO5Si2. The largest absolute Gasteiger partial charge is 0.444 e. The number of carbonyl (C=O) groups is 1. The highest BCUT2D eigenvalue weighted by atomic mass is 28.3. The summed E-state index contributed by atoms with van der Waals surface area (Å²) in [5.41, 5.74) is 0.821. The van der Waals surface area contributed by atoms with Crippen molar-refractivity contribution in [2.45, 2.75) is 124 Å². The zero-order chi connectivity index (χ0) is 31.1. The summed E-state index contributed by atoms with van der Waals surface area (Å²) in [5, 5.41) is 14.8. The highest BCUT2D eigenvalue weighted by Crippen LogP contribution is 2.51. The van der Waals surface area contributed by atoms with Crippen molar-refractivity contribution in [1.29, 1.82) is 0 Å². The summed E-state index contributed by atoms with van der Waals surface area (Å²) in [5.74, 6) is 0.111. The Kier molecular flexibility index (Phi) is 9.98. The van der Waals surface area contributed by atoms with Crippen molar-refractivity contribution in [2.75, 3.05) is 6.54 Å². The van der Waals surface area contributed by atoms with Crippen LogP contribution in [0.4, 0.5) is 4.79 Å². The topological polar surface area (TPSA) is 68.2 Å². The molecule has 41 heavy (non-hydrogen) atoms. The lowest BCUT2D eigenvalue weighted by molar-refractivity contribution is -0.140. The van der Waals surface area contributed by atoms with Gasteiger partial charge >= 0.3 is 6.09 Å². The molecule has 230 valence electrons. The predicted molar refractivity (Wildman–Crippen MR) is 174 cm³/mol. The number of aliphatic hydroxyl groups excluding tert-OH is 1. The summed E-state index contributed by atoms with van der Waals surface area (Å²) in [6.07, 6.45) is -1.01. The van der Waals surface area contributed by atoms with Crippen LogP contribution in [0.5, 0.6) is 0 Å². The van der Waals surface area contributed by atoms with Crippen LogP contribution in [0.1, 0.15) is 91.5 Å². The maximum atomic E-state index is 13.9. The van der Waals surface area contributed by atoms with Crippen molar-refractivity contribution in [1.82, 2.24) is 4.90 Å². The predicted octanol–water partition coefficient (Wildman–Crippen LogP) is 7.67. The second kappa shape index (κ2) is 12.1. The lowest BCUT2D eigenvalue weighted by Crippen LogP contribution is -2.56. The molecular weight excluding hydrogens is 547 g/mol. The van der Waals surface area contributed by atoms with Gasteiger partial charge in [-0.05, 0) is 91.2 Å². The number of likely N-dealkylation sites (tertiary alicyclic amines) is 1. The van der Waals surface area contributed by atoms with Crippen LogP contribution in [0.25, 0.3) is 10.8 Å². The van der Waals surface area contributed by atoms with E-state index in [2.05, 4.69) is 92.0 Å². The van der Waals surface area contributed by atoms with Crippen LogP contribution in [0.3, 0.4) is 0 Å². The molecule has 1 fully saturated rings. The van der Waals surface area contributed by atoms with Gasteiger partial charge in [0.1, 0.15) is 11.7 Å². The molecule has 3 atom stereocenters. The van der Waals surface area contributed by atoms with Gasteiger partial charge in [0.2, 0.25) is 0 Å². The highest BCUT2D eigenvalue weighted by molar-refractivity contribution is 6.48. The molecule has 8 heteroatoms. The van der Waals surface area contributed by atoms with E-state index in [1.54, 1.807) is 4.90 Å². The fourth-order valence-electron chi connectivity index (χ4n) is 5.87. The van der Waals surface area contributed by atoms with Crippen LogP contribution in [0.15, 0.2) is 30.3 Å². The summed E-state index contributed by atoms with van der Waals surface area (Å²) in [4.78, 5) is 15.6. The number of aliphatic hydroxyl groups is 1. The normalized spacial score (nSPS) is 21.3. The number of carbonyl (C=O) groups excluding carboxylic acids is 1. The van der Waals surface area contributed by atoms with E-state index in [-0.39, 0.29) is 16.7 Å². The van der Waals surface area contributed by atoms with E-state index in [1.165, 1.54) is 5.56 Å². The third-order valence-corrected chi connectivity index (χ3v) is 9.64.